The van der Waals surface area contributed by atoms with Gasteiger partial charge in [0.25, 0.3) is 0 Å². The quantitative estimate of drug-likeness (QED) is 0.0199. The molecule has 0 aromatic carbocycles. The van der Waals surface area contributed by atoms with Crippen LogP contribution in [0.15, 0.2) is 48.6 Å². The van der Waals surface area contributed by atoms with Crippen molar-refractivity contribution in [3.05, 3.63) is 48.6 Å². The molecule has 17 atom stereocenters. The van der Waals surface area contributed by atoms with Gasteiger partial charge < -0.3 is 89.9 Å². The monoisotopic (exact) mass is 1280 g/mol. The number of amides is 1. The average Bonchev–Trinajstić information content (AvgIpc) is 0.851. The zero-order valence-electron chi connectivity index (χ0n) is 55.6. The van der Waals surface area contributed by atoms with Crippen molar-refractivity contribution in [2.75, 3.05) is 26.4 Å². The molecule has 17 unspecified atom stereocenters. The van der Waals surface area contributed by atoms with E-state index in [1.807, 2.05) is 6.08 Å². The Kier molecular flexibility index (Phi) is 48.2. The van der Waals surface area contributed by atoms with Gasteiger partial charge in [0.1, 0.15) is 73.2 Å². The molecule has 12 N–H and O–H groups in total. The fourth-order valence-electron chi connectivity index (χ4n) is 12.0. The third-order valence-corrected chi connectivity index (χ3v) is 17.8. The molecule has 19 nitrogen and oxygen atoms in total. The summed E-state index contributed by atoms with van der Waals surface area (Å²) in [5.74, 6) is -0.299. The highest BCUT2D eigenvalue weighted by atomic mass is 16.8. The van der Waals surface area contributed by atoms with E-state index in [9.17, 15) is 61.0 Å². The molecule has 3 saturated heterocycles. The third kappa shape index (κ3) is 34.4. The van der Waals surface area contributed by atoms with Gasteiger partial charge >= 0.3 is 0 Å². The first-order valence-corrected chi connectivity index (χ1v) is 35.9. The number of carbonyl (C=O) groups excluding carboxylic acids is 1. The van der Waals surface area contributed by atoms with Gasteiger partial charge in [0.2, 0.25) is 5.91 Å². The topological polar surface area (TPSA) is 307 Å². The van der Waals surface area contributed by atoms with Crippen LogP contribution in [0.2, 0.25) is 0 Å². The van der Waals surface area contributed by atoms with Crippen LogP contribution in [-0.2, 0) is 33.2 Å². The van der Waals surface area contributed by atoms with Crippen molar-refractivity contribution in [2.45, 2.75) is 369 Å². The Morgan fingerprint density at radius 2 is 0.711 bits per heavy atom. The van der Waals surface area contributed by atoms with E-state index < -0.39 is 124 Å². The molecule has 3 aliphatic rings. The van der Waals surface area contributed by atoms with Crippen molar-refractivity contribution < 1.29 is 89.4 Å². The molecule has 3 aliphatic heterocycles. The zero-order valence-corrected chi connectivity index (χ0v) is 55.6. The molecule has 526 valence electrons. The van der Waals surface area contributed by atoms with Crippen LogP contribution in [0.25, 0.3) is 0 Å². The maximum absolute atomic E-state index is 13.3. The van der Waals surface area contributed by atoms with Crippen molar-refractivity contribution in [1.82, 2.24) is 5.32 Å². The molecular formula is C71H129NO18. The van der Waals surface area contributed by atoms with Crippen molar-refractivity contribution in [3.63, 3.8) is 0 Å². The predicted octanol–water partition coefficient (Wildman–Crippen LogP) is 9.78. The van der Waals surface area contributed by atoms with Crippen LogP contribution in [0.1, 0.15) is 264 Å². The highest BCUT2D eigenvalue weighted by molar-refractivity contribution is 5.76. The number of aliphatic hydroxyl groups is 11. The summed E-state index contributed by atoms with van der Waals surface area (Å²) in [6, 6.07) is -1.00. The standard InChI is InChI=1S/C71H129NO18/c1-3-5-7-9-11-13-15-17-18-19-20-21-22-23-24-25-26-27-28-29-30-31-32-33-34-35-37-38-40-42-44-46-48-55(76)54(72-59(77)49-47-45-43-41-39-36-16-14-12-10-8-6-4-2)53-85-69-65(83)62(80)67(57(51-74)87-69)90-71-66(84)63(81)68(58(52-75)88-71)89-70-64(82)61(79)60(78)56(50-73)86-70/h14,16,33-34,38,40,46,48,54-58,60-71,73-76,78-84H,3-13,15,17-32,35-37,39,41-45,47,49-53H2,1-2H3,(H,72,77)/b16-14-,34-33+,40-38+,48-46+. The molecule has 3 heterocycles. The molecule has 3 rings (SSSR count). The summed E-state index contributed by atoms with van der Waals surface area (Å²) >= 11 is 0. The molecule has 3 fully saturated rings. The smallest absolute Gasteiger partial charge is 0.220 e. The van der Waals surface area contributed by atoms with Gasteiger partial charge in [0, 0.05) is 6.42 Å². The number of carbonyl (C=O) groups is 1. The van der Waals surface area contributed by atoms with Gasteiger partial charge in [-0.15, -0.1) is 0 Å². The summed E-state index contributed by atoms with van der Waals surface area (Å²) in [6.07, 6.45) is 37.0. The highest BCUT2D eigenvalue weighted by Gasteiger charge is 2.53. The number of unbranched alkanes of at least 4 members (excludes halogenated alkanes) is 33. The molecule has 90 heavy (non-hydrogen) atoms. The molecule has 0 radical (unpaired) electrons. The second-order valence-electron chi connectivity index (χ2n) is 25.7. The molecule has 0 aromatic rings. The van der Waals surface area contributed by atoms with E-state index in [2.05, 4.69) is 55.6 Å². The first kappa shape index (κ1) is 82.0. The van der Waals surface area contributed by atoms with E-state index in [-0.39, 0.29) is 18.9 Å². The van der Waals surface area contributed by atoms with Crippen LogP contribution in [0, 0.1) is 0 Å². The molecule has 0 spiro atoms. The minimum atomic E-state index is -1.98. The van der Waals surface area contributed by atoms with E-state index in [1.165, 1.54) is 167 Å². The number of allylic oxidation sites excluding steroid dienone is 7. The summed E-state index contributed by atoms with van der Waals surface area (Å²) in [7, 11) is 0. The van der Waals surface area contributed by atoms with Crippen molar-refractivity contribution in [2.24, 2.45) is 0 Å². The molecule has 0 saturated carbocycles. The second-order valence-corrected chi connectivity index (χ2v) is 25.7. The minimum absolute atomic E-state index is 0.221. The molecule has 0 aliphatic carbocycles. The summed E-state index contributed by atoms with van der Waals surface area (Å²) in [6.45, 7) is 1.69. The second kappa shape index (κ2) is 53.0. The van der Waals surface area contributed by atoms with Crippen LogP contribution in [0.5, 0.6) is 0 Å². The number of hydrogen-bond donors (Lipinski definition) is 12. The van der Waals surface area contributed by atoms with Gasteiger partial charge in [-0.1, -0.05) is 236 Å². The van der Waals surface area contributed by atoms with Crippen LogP contribution in [0.3, 0.4) is 0 Å². The fourth-order valence-corrected chi connectivity index (χ4v) is 12.0. The summed E-state index contributed by atoms with van der Waals surface area (Å²) in [4.78, 5) is 13.3. The molecule has 19 heteroatoms. The Morgan fingerprint density at radius 1 is 0.389 bits per heavy atom. The molecular weight excluding hydrogens is 1150 g/mol. The average molecular weight is 1280 g/mol. The van der Waals surface area contributed by atoms with Crippen LogP contribution >= 0.6 is 0 Å². The number of ether oxygens (including phenoxy) is 6. The third-order valence-electron chi connectivity index (χ3n) is 17.8. The number of aliphatic hydroxyl groups excluding tert-OH is 11. The predicted molar refractivity (Wildman–Crippen MR) is 351 cm³/mol. The molecule has 1 amide bonds. The minimum Gasteiger partial charge on any atom is -0.394 e. The lowest BCUT2D eigenvalue weighted by atomic mass is 9.96. The Bertz CT molecular complexity index is 1820. The number of rotatable bonds is 55. The lowest BCUT2D eigenvalue weighted by Crippen LogP contribution is -2.66. The summed E-state index contributed by atoms with van der Waals surface area (Å²) in [5, 5.41) is 120. The van der Waals surface area contributed by atoms with E-state index >= 15 is 0 Å². The largest absolute Gasteiger partial charge is 0.394 e. The van der Waals surface area contributed by atoms with E-state index in [4.69, 9.17) is 28.4 Å². The number of hydrogen-bond acceptors (Lipinski definition) is 18. The van der Waals surface area contributed by atoms with E-state index in [0.29, 0.717) is 12.8 Å². The van der Waals surface area contributed by atoms with Gasteiger partial charge in [-0.05, 0) is 70.6 Å². The highest BCUT2D eigenvalue weighted by Crippen LogP contribution is 2.33. The van der Waals surface area contributed by atoms with Gasteiger partial charge in [0.05, 0.1) is 38.6 Å². The Balaban J connectivity index is 1.40. The van der Waals surface area contributed by atoms with Crippen LogP contribution < -0.4 is 5.32 Å². The van der Waals surface area contributed by atoms with Gasteiger partial charge in [-0.2, -0.15) is 0 Å². The van der Waals surface area contributed by atoms with Crippen molar-refractivity contribution in [1.29, 1.82) is 0 Å². The lowest BCUT2D eigenvalue weighted by molar-refractivity contribution is -0.379. The van der Waals surface area contributed by atoms with Crippen molar-refractivity contribution >= 4 is 5.91 Å². The SMILES string of the molecule is CCCCCC/C=C\CCCCCCCC(=O)NC(COC1OC(CO)C(OC2OC(CO)C(OC3OC(CO)C(O)C(O)C3O)C(O)C2O)C(O)C1O)C(O)/C=C/CC/C=C/CC/C=C/CCCCCCCCCCCCCCCCCCCCCCCC. The lowest BCUT2D eigenvalue weighted by Gasteiger charge is -2.48. The number of nitrogens with one attached hydrogen (secondary N) is 1. The molecule has 0 aromatic heterocycles. The first-order valence-electron chi connectivity index (χ1n) is 35.9. The maximum Gasteiger partial charge on any atom is 0.220 e. The van der Waals surface area contributed by atoms with E-state index in [0.717, 1.165) is 64.2 Å². The van der Waals surface area contributed by atoms with Gasteiger partial charge in [0.15, 0.2) is 18.9 Å². The van der Waals surface area contributed by atoms with Crippen molar-refractivity contribution in [3.8, 4) is 0 Å². The zero-order chi connectivity index (χ0) is 65.4. The van der Waals surface area contributed by atoms with E-state index in [1.54, 1.807) is 6.08 Å². The normalized spacial score (nSPS) is 28.3. The maximum atomic E-state index is 13.3. The summed E-state index contributed by atoms with van der Waals surface area (Å²) in [5.41, 5.74) is 0. The first-order chi connectivity index (χ1) is 43.8. The van der Waals surface area contributed by atoms with Gasteiger partial charge in [-0.3, -0.25) is 4.79 Å². The van der Waals surface area contributed by atoms with Gasteiger partial charge in [-0.25, -0.2) is 0 Å². The van der Waals surface area contributed by atoms with Crippen LogP contribution in [0.4, 0.5) is 0 Å². The summed E-state index contributed by atoms with van der Waals surface area (Å²) < 4.78 is 34.3. The molecule has 0 bridgehead atoms. The Hall–Kier alpha value is -2.25. The fraction of sp³-hybridized carbons (Fsp3) is 0.873. The van der Waals surface area contributed by atoms with Crippen LogP contribution in [-0.4, -0.2) is 193 Å². The Labute approximate surface area is 542 Å². The Morgan fingerprint density at radius 3 is 1.12 bits per heavy atom.